The van der Waals surface area contributed by atoms with Crippen molar-refractivity contribution in [3.8, 4) is 11.5 Å². The van der Waals surface area contributed by atoms with Gasteiger partial charge in [0.1, 0.15) is 11.5 Å². The van der Waals surface area contributed by atoms with Crippen molar-refractivity contribution in [1.29, 1.82) is 0 Å². The smallest absolute Gasteiger partial charge is 0.265 e. The molecule has 0 aromatic heterocycles. The molecule has 6 nitrogen and oxygen atoms in total. The molecule has 2 aromatic rings. The fourth-order valence-corrected chi connectivity index (χ4v) is 2.01. The minimum absolute atomic E-state index is 0.252. The van der Waals surface area contributed by atoms with Gasteiger partial charge in [0.15, 0.2) is 6.10 Å². The fraction of sp³-hybridized carbons (Fsp3) is 0.222. The Balaban J connectivity index is 1.95. The van der Waals surface area contributed by atoms with Crippen LogP contribution in [-0.4, -0.2) is 30.0 Å². The van der Waals surface area contributed by atoms with Gasteiger partial charge >= 0.3 is 0 Å². The van der Waals surface area contributed by atoms with Crippen molar-refractivity contribution in [3.63, 3.8) is 0 Å². The first-order chi connectivity index (χ1) is 11.5. The molecule has 2 aromatic carbocycles. The number of amides is 1. The van der Waals surface area contributed by atoms with E-state index in [9.17, 15) is 4.79 Å². The molecule has 0 saturated carbocycles. The van der Waals surface area contributed by atoms with E-state index in [1.54, 1.807) is 69.5 Å². The first-order valence-electron chi connectivity index (χ1n) is 7.44. The van der Waals surface area contributed by atoms with Crippen molar-refractivity contribution in [2.24, 2.45) is 5.16 Å². The molecule has 0 saturated heterocycles. The molecule has 0 bridgehead atoms. The Morgan fingerprint density at radius 2 is 1.67 bits per heavy atom. The van der Waals surface area contributed by atoms with Crippen LogP contribution in [0.15, 0.2) is 53.7 Å². The van der Waals surface area contributed by atoms with Gasteiger partial charge in [-0.25, -0.2) is 0 Å². The number of carbonyl (C=O) groups is 1. The molecule has 0 aliphatic carbocycles. The molecule has 0 spiro atoms. The number of rotatable bonds is 6. The van der Waals surface area contributed by atoms with Crippen molar-refractivity contribution in [1.82, 2.24) is 0 Å². The van der Waals surface area contributed by atoms with Gasteiger partial charge in [-0.15, -0.1) is 0 Å². The van der Waals surface area contributed by atoms with Crippen LogP contribution in [0.5, 0.6) is 11.5 Å². The van der Waals surface area contributed by atoms with Crippen molar-refractivity contribution in [2.45, 2.75) is 20.0 Å². The molecule has 0 unspecified atom stereocenters. The average Bonchev–Trinajstić information content (AvgIpc) is 2.62. The van der Waals surface area contributed by atoms with Gasteiger partial charge in [0, 0.05) is 5.69 Å². The van der Waals surface area contributed by atoms with Gasteiger partial charge in [0.2, 0.25) is 0 Å². The highest BCUT2D eigenvalue weighted by molar-refractivity contribution is 5.98. The van der Waals surface area contributed by atoms with Crippen molar-refractivity contribution >= 4 is 17.3 Å². The molecule has 0 aliphatic heterocycles. The molecular formula is C18H20N2O4. The summed E-state index contributed by atoms with van der Waals surface area (Å²) in [6, 6.07) is 14.0. The second kappa shape index (κ2) is 8.01. The Morgan fingerprint density at radius 3 is 2.21 bits per heavy atom. The van der Waals surface area contributed by atoms with Crippen LogP contribution in [-0.2, 0) is 4.79 Å². The first-order valence-corrected chi connectivity index (χ1v) is 7.44. The van der Waals surface area contributed by atoms with E-state index in [1.807, 2.05) is 0 Å². The molecule has 1 atom stereocenters. The lowest BCUT2D eigenvalue weighted by Gasteiger charge is -2.15. The molecule has 2 N–H and O–H groups in total. The lowest BCUT2D eigenvalue weighted by molar-refractivity contribution is -0.122. The molecule has 24 heavy (non-hydrogen) atoms. The Hall–Kier alpha value is -3.02. The van der Waals surface area contributed by atoms with Crippen LogP contribution >= 0.6 is 0 Å². The van der Waals surface area contributed by atoms with Crippen LogP contribution in [0.3, 0.4) is 0 Å². The highest BCUT2D eigenvalue weighted by Crippen LogP contribution is 2.17. The summed E-state index contributed by atoms with van der Waals surface area (Å²) >= 11 is 0. The number of nitrogens with one attached hydrogen (secondary N) is 1. The summed E-state index contributed by atoms with van der Waals surface area (Å²) in [5.74, 6) is 1.03. The van der Waals surface area contributed by atoms with Crippen LogP contribution in [0.1, 0.15) is 19.4 Å². The number of nitrogens with zero attached hydrogens (tertiary/aromatic N) is 1. The number of benzene rings is 2. The summed E-state index contributed by atoms with van der Waals surface area (Å²) in [4.78, 5) is 12.2. The molecule has 2 rings (SSSR count). The fourth-order valence-electron chi connectivity index (χ4n) is 2.01. The van der Waals surface area contributed by atoms with Crippen molar-refractivity contribution in [3.05, 3.63) is 54.1 Å². The van der Waals surface area contributed by atoms with Gasteiger partial charge in [-0.2, -0.15) is 0 Å². The number of carbonyl (C=O) groups excluding carboxylic acids is 1. The van der Waals surface area contributed by atoms with Crippen molar-refractivity contribution in [2.75, 3.05) is 12.4 Å². The SMILES string of the molecule is COc1ccc(NC(=O)[C@H](C)Oc2ccc(/C(C)=N\O)cc2)cc1. The maximum Gasteiger partial charge on any atom is 0.265 e. The molecule has 0 radical (unpaired) electrons. The monoisotopic (exact) mass is 328 g/mol. The summed E-state index contributed by atoms with van der Waals surface area (Å²) in [5.41, 5.74) is 1.95. The topological polar surface area (TPSA) is 80.2 Å². The van der Waals surface area contributed by atoms with E-state index in [4.69, 9.17) is 14.7 Å². The maximum atomic E-state index is 12.2. The number of methoxy groups -OCH3 is 1. The average molecular weight is 328 g/mol. The van der Waals surface area contributed by atoms with E-state index >= 15 is 0 Å². The minimum Gasteiger partial charge on any atom is -0.497 e. The molecule has 1 amide bonds. The summed E-state index contributed by atoms with van der Waals surface area (Å²) in [7, 11) is 1.59. The first kappa shape index (κ1) is 17.3. The van der Waals surface area contributed by atoms with E-state index in [-0.39, 0.29) is 5.91 Å². The second-order valence-corrected chi connectivity index (χ2v) is 5.19. The zero-order valence-electron chi connectivity index (χ0n) is 13.8. The van der Waals surface area contributed by atoms with Gasteiger partial charge < -0.3 is 20.0 Å². The minimum atomic E-state index is -0.662. The lowest BCUT2D eigenvalue weighted by atomic mass is 10.1. The molecule has 0 aliphatic rings. The standard InChI is InChI=1S/C18H20N2O4/c1-12(20-22)14-4-8-17(9-5-14)24-13(2)18(21)19-15-6-10-16(23-3)11-7-15/h4-11,13,22H,1-3H3,(H,19,21)/b20-12-/t13-/m0/s1. The second-order valence-electron chi connectivity index (χ2n) is 5.19. The molecular weight excluding hydrogens is 308 g/mol. The number of anilines is 1. The molecule has 0 heterocycles. The Labute approximate surface area is 140 Å². The third-order valence-electron chi connectivity index (χ3n) is 3.46. The largest absolute Gasteiger partial charge is 0.497 e. The van der Waals surface area contributed by atoms with E-state index in [0.717, 1.165) is 11.3 Å². The van der Waals surface area contributed by atoms with Crippen LogP contribution in [0.2, 0.25) is 0 Å². The maximum absolute atomic E-state index is 12.2. The summed E-state index contributed by atoms with van der Waals surface area (Å²) in [5, 5.41) is 14.7. The summed E-state index contributed by atoms with van der Waals surface area (Å²) < 4.78 is 10.7. The zero-order valence-corrected chi connectivity index (χ0v) is 13.8. The van der Waals surface area contributed by atoms with Crippen molar-refractivity contribution < 1.29 is 19.5 Å². The van der Waals surface area contributed by atoms with Gasteiger partial charge in [-0.1, -0.05) is 5.16 Å². The quantitative estimate of drug-likeness (QED) is 0.484. The van der Waals surface area contributed by atoms with Crippen LogP contribution in [0, 0.1) is 0 Å². The van der Waals surface area contributed by atoms with Crippen LogP contribution in [0.25, 0.3) is 0 Å². The molecule has 0 fully saturated rings. The number of hydrogen-bond acceptors (Lipinski definition) is 5. The highest BCUT2D eigenvalue weighted by atomic mass is 16.5. The van der Waals surface area contributed by atoms with E-state index < -0.39 is 6.10 Å². The van der Waals surface area contributed by atoms with Gasteiger partial charge in [-0.05, 0) is 67.9 Å². The third kappa shape index (κ3) is 4.49. The van der Waals surface area contributed by atoms with E-state index in [2.05, 4.69) is 10.5 Å². The number of hydrogen-bond donors (Lipinski definition) is 2. The van der Waals surface area contributed by atoms with Gasteiger partial charge in [0.25, 0.3) is 5.91 Å². The Bertz CT molecular complexity index is 709. The lowest BCUT2D eigenvalue weighted by Crippen LogP contribution is -2.30. The zero-order chi connectivity index (χ0) is 17.5. The summed E-state index contributed by atoms with van der Waals surface area (Å²) in [6.45, 7) is 3.37. The Kier molecular flexibility index (Phi) is 5.78. The van der Waals surface area contributed by atoms with Gasteiger partial charge in [-0.3, -0.25) is 4.79 Å². The van der Waals surface area contributed by atoms with E-state index in [0.29, 0.717) is 17.1 Å². The predicted octanol–water partition coefficient (Wildman–Crippen LogP) is 3.30. The molecule has 126 valence electrons. The van der Waals surface area contributed by atoms with Gasteiger partial charge in [0.05, 0.1) is 12.8 Å². The summed E-state index contributed by atoms with van der Waals surface area (Å²) in [6.07, 6.45) is -0.662. The third-order valence-corrected chi connectivity index (χ3v) is 3.46. The number of ether oxygens (including phenoxy) is 2. The normalized spacial score (nSPS) is 12.4. The highest BCUT2D eigenvalue weighted by Gasteiger charge is 2.15. The Morgan fingerprint density at radius 1 is 1.08 bits per heavy atom. The predicted molar refractivity (Wildman–Crippen MR) is 92.2 cm³/mol. The molecule has 6 heteroatoms. The van der Waals surface area contributed by atoms with Crippen LogP contribution in [0.4, 0.5) is 5.69 Å². The number of oxime groups is 1. The van der Waals surface area contributed by atoms with E-state index in [1.165, 1.54) is 0 Å². The van der Waals surface area contributed by atoms with Crippen LogP contribution < -0.4 is 14.8 Å².